The van der Waals surface area contributed by atoms with Gasteiger partial charge in [0.15, 0.2) is 0 Å². The number of hydrogen-bond acceptors (Lipinski definition) is 8. The Hall–Kier alpha value is -2.98. The molecule has 2 aliphatic rings. The van der Waals surface area contributed by atoms with E-state index < -0.39 is 5.79 Å². The number of rotatable bonds is 0. The van der Waals surface area contributed by atoms with Gasteiger partial charge in [0.25, 0.3) is 0 Å². The number of ether oxygens (including phenoxy) is 2. The zero-order valence-corrected chi connectivity index (χ0v) is 16.0. The second-order valence-electron chi connectivity index (χ2n) is 6.03. The number of fused-ring (bicyclic) bond motifs is 4. The summed E-state index contributed by atoms with van der Waals surface area (Å²) in [6.07, 6.45) is 0. The first-order valence-corrected chi connectivity index (χ1v) is 9.58. The Morgan fingerprint density at radius 3 is 1.48 bits per heavy atom. The largest absolute Gasteiger partial charge is 0.340 e. The van der Waals surface area contributed by atoms with Crippen LogP contribution in [0.1, 0.15) is 22.3 Å². The third-order valence-electron chi connectivity index (χ3n) is 4.75. The van der Waals surface area contributed by atoms with Crippen LogP contribution < -0.4 is 9.06 Å². The fourth-order valence-corrected chi connectivity index (χ4v) is 6.42. The van der Waals surface area contributed by atoms with Gasteiger partial charge in [0.2, 0.25) is 5.79 Å². The molecule has 8 heteroatoms. The summed E-state index contributed by atoms with van der Waals surface area (Å²) in [4.78, 5) is 0. The van der Waals surface area contributed by atoms with Crippen LogP contribution in [0, 0.1) is 68.2 Å². The molecule has 1 aliphatic carbocycles. The van der Waals surface area contributed by atoms with E-state index in [1.165, 1.54) is 22.7 Å². The van der Waals surface area contributed by atoms with E-state index >= 15 is 0 Å². The van der Waals surface area contributed by atoms with Crippen LogP contribution in [0.4, 0.5) is 0 Å². The predicted molar refractivity (Wildman–Crippen MR) is 97.0 cm³/mol. The molecule has 27 heavy (non-hydrogen) atoms. The minimum absolute atomic E-state index is 0.0522. The Bertz CT molecular complexity index is 1260. The number of nitrogens with zero attached hydrogens (tertiary/aromatic N) is 4. The highest BCUT2D eigenvalue weighted by Crippen LogP contribution is 2.47. The average Bonchev–Trinajstić information content (AvgIpc) is 3.40. The zero-order valence-electron chi connectivity index (χ0n) is 14.3. The van der Waals surface area contributed by atoms with E-state index in [0.717, 1.165) is 31.3 Å². The standard InChI is InChI=1S/C19H10N4O2S2/c1-9-13-17(26-15(9)11(5-20)6-21)18-14(19(13)24-3-4-25-19)10(2)16(27-18)12(7-22)8-23/h3-4H2,1-2H3. The molecule has 3 heterocycles. The van der Waals surface area contributed by atoms with Crippen molar-refractivity contribution in [2.45, 2.75) is 19.6 Å². The minimum atomic E-state index is -1.10. The monoisotopic (exact) mass is 390 g/mol. The summed E-state index contributed by atoms with van der Waals surface area (Å²) in [5.41, 5.74) is 3.35. The summed E-state index contributed by atoms with van der Waals surface area (Å²) in [5, 5.41) is 37.2. The first-order valence-electron chi connectivity index (χ1n) is 7.95. The maximum atomic E-state index is 9.29. The second kappa shape index (κ2) is 6.03. The van der Waals surface area contributed by atoms with Crippen LogP contribution in [0.2, 0.25) is 0 Å². The van der Waals surface area contributed by atoms with Gasteiger partial charge < -0.3 is 9.47 Å². The lowest BCUT2D eigenvalue weighted by atomic mass is 9.98. The summed E-state index contributed by atoms with van der Waals surface area (Å²) in [7, 11) is 0. The van der Waals surface area contributed by atoms with Crippen LogP contribution >= 0.6 is 22.7 Å². The number of hydrogen-bond donors (Lipinski definition) is 0. The Kier molecular flexibility index (Phi) is 3.89. The van der Waals surface area contributed by atoms with Crippen LogP contribution in [-0.2, 0) is 15.3 Å². The molecule has 6 nitrogen and oxygen atoms in total. The van der Waals surface area contributed by atoms with Crippen LogP contribution in [0.3, 0.4) is 0 Å². The molecule has 1 aliphatic heterocycles. The topological polar surface area (TPSA) is 114 Å². The number of nitriles is 4. The quantitative estimate of drug-likeness (QED) is 0.676. The molecule has 0 amide bonds. The first kappa shape index (κ1) is 17.4. The Labute approximate surface area is 162 Å². The smallest absolute Gasteiger partial charge is 0.226 e. The van der Waals surface area contributed by atoms with Gasteiger partial charge in [-0.25, -0.2) is 0 Å². The van der Waals surface area contributed by atoms with Crippen LogP contribution in [-0.4, -0.2) is 13.2 Å². The Morgan fingerprint density at radius 2 is 1.15 bits per heavy atom. The molecular formula is C19H10N4O2S2. The van der Waals surface area contributed by atoms with Crippen molar-refractivity contribution in [1.82, 2.24) is 0 Å². The van der Waals surface area contributed by atoms with Gasteiger partial charge in [-0.3, -0.25) is 0 Å². The molecule has 2 aromatic heterocycles. The van der Waals surface area contributed by atoms with Gasteiger partial charge in [-0.1, -0.05) is 0 Å². The van der Waals surface area contributed by atoms with Crippen molar-refractivity contribution in [3.05, 3.63) is 40.4 Å². The summed E-state index contributed by atoms with van der Waals surface area (Å²) < 4.78 is 15.1. The van der Waals surface area contributed by atoms with E-state index in [1.807, 2.05) is 38.1 Å². The van der Waals surface area contributed by atoms with Crippen molar-refractivity contribution in [3.63, 3.8) is 0 Å². The van der Waals surface area contributed by atoms with Crippen molar-refractivity contribution in [1.29, 1.82) is 21.0 Å². The molecule has 1 saturated heterocycles. The molecule has 0 atom stereocenters. The predicted octanol–water partition coefficient (Wildman–Crippen LogP) is 1.67. The third kappa shape index (κ3) is 2.07. The van der Waals surface area contributed by atoms with Gasteiger partial charge >= 0.3 is 0 Å². The van der Waals surface area contributed by atoms with Crippen molar-refractivity contribution < 1.29 is 9.47 Å². The van der Waals surface area contributed by atoms with Crippen molar-refractivity contribution in [3.8, 4) is 24.3 Å². The van der Waals surface area contributed by atoms with E-state index in [4.69, 9.17) is 9.47 Å². The molecule has 2 aromatic rings. The molecule has 1 fully saturated rings. The van der Waals surface area contributed by atoms with E-state index in [2.05, 4.69) is 0 Å². The van der Waals surface area contributed by atoms with Gasteiger partial charge in [0.1, 0.15) is 35.4 Å². The number of thiophene rings is 2. The molecule has 0 radical (unpaired) electrons. The third-order valence-corrected chi connectivity index (χ3v) is 7.54. The molecule has 0 aromatic carbocycles. The lowest BCUT2D eigenvalue weighted by molar-refractivity contribution is -0.128. The minimum Gasteiger partial charge on any atom is -0.340 e. The van der Waals surface area contributed by atoms with E-state index in [0.29, 0.717) is 22.3 Å². The van der Waals surface area contributed by atoms with Crippen LogP contribution in [0.25, 0.3) is 11.1 Å². The fraction of sp³-hybridized carbons (Fsp3) is 0.263. The van der Waals surface area contributed by atoms with E-state index in [-0.39, 0.29) is 11.1 Å². The van der Waals surface area contributed by atoms with E-state index in [9.17, 15) is 21.0 Å². The average molecular weight is 390 g/mol. The van der Waals surface area contributed by atoms with Crippen molar-refractivity contribution in [2.24, 2.45) is 0 Å². The SMILES string of the molecule is Cc1c2c(sc1=C(C#N)C#N)=c1sc(=C(C#N)C#N)c(C)c1C21OCCO1. The second-order valence-corrected chi connectivity index (χ2v) is 8.07. The van der Waals surface area contributed by atoms with Gasteiger partial charge in [-0.05, 0) is 25.0 Å². The van der Waals surface area contributed by atoms with Gasteiger partial charge in [-0.15, -0.1) is 22.7 Å². The first-order chi connectivity index (χ1) is 13.0. The molecule has 0 N–H and O–H groups in total. The zero-order chi connectivity index (χ0) is 19.3. The van der Waals surface area contributed by atoms with Crippen molar-refractivity contribution in [2.75, 3.05) is 13.2 Å². The molecule has 0 saturated carbocycles. The van der Waals surface area contributed by atoms with Crippen LogP contribution in [0.5, 0.6) is 0 Å². The lowest BCUT2D eigenvalue weighted by Crippen LogP contribution is -2.29. The summed E-state index contributed by atoms with van der Waals surface area (Å²) in [5.74, 6) is -1.10. The molecule has 4 rings (SSSR count). The highest BCUT2D eigenvalue weighted by atomic mass is 32.1. The normalized spacial score (nSPS) is 15.3. The molecule has 0 unspecified atom stereocenters. The van der Waals surface area contributed by atoms with E-state index in [1.54, 1.807) is 0 Å². The maximum absolute atomic E-state index is 9.29. The van der Waals surface area contributed by atoms with Gasteiger partial charge in [0, 0.05) is 11.1 Å². The summed E-state index contributed by atoms with van der Waals surface area (Å²) in [6, 6.07) is 7.80. The van der Waals surface area contributed by atoms with Crippen LogP contribution in [0.15, 0.2) is 0 Å². The fourth-order valence-electron chi connectivity index (χ4n) is 3.70. The maximum Gasteiger partial charge on any atom is 0.226 e. The Morgan fingerprint density at radius 1 is 0.778 bits per heavy atom. The molecule has 1 spiro atoms. The molecule has 130 valence electrons. The van der Waals surface area contributed by atoms with Gasteiger partial charge in [-0.2, -0.15) is 21.0 Å². The highest BCUT2D eigenvalue weighted by Gasteiger charge is 2.49. The molecule has 0 bridgehead atoms. The summed E-state index contributed by atoms with van der Waals surface area (Å²) in [6.45, 7) is 4.55. The molecular weight excluding hydrogens is 380 g/mol. The van der Waals surface area contributed by atoms with Gasteiger partial charge in [0.05, 0.1) is 31.3 Å². The Balaban J connectivity index is 2.32. The lowest BCUT2D eigenvalue weighted by Gasteiger charge is -2.25. The van der Waals surface area contributed by atoms with Crippen molar-refractivity contribution >= 4 is 33.8 Å². The summed E-state index contributed by atoms with van der Waals surface area (Å²) >= 11 is 2.70. The highest BCUT2D eigenvalue weighted by molar-refractivity contribution is 7.12.